The van der Waals surface area contributed by atoms with E-state index in [-0.39, 0.29) is 16.6 Å². The Hall–Kier alpha value is -1.64. The van der Waals surface area contributed by atoms with E-state index in [1.807, 2.05) is 0 Å². The lowest BCUT2D eigenvalue weighted by molar-refractivity contribution is 0.0948. The molecule has 1 aliphatic heterocycles. The summed E-state index contributed by atoms with van der Waals surface area (Å²) in [6.07, 6.45) is 4.46. The Balaban J connectivity index is 2.24. The third-order valence-electron chi connectivity index (χ3n) is 4.42. The van der Waals surface area contributed by atoms with Crippen LogP contribution >= 0.6 is 0 Å². The number of amides is 1. The van der Waals surface area contributed by atoms with Gasteiger partial charge in [0.1, 0.15) is 10.6 Å². The lowest BCUT2D eigenvalue weighted by Crippen LogP contribution is -2.32. The van der Waals surface area contributed by atoms with E-state index in [4.69, 9.17) is 9.47 Å². The Labute approximate surface area is 155 Å². The molecule has 1 heterocycles. The molecule has 0 atom stereocenters. The lowest BCUT2D eigenvalue weighted by atomic mass is 10.2. The van der Waals surface area contributed by atoms with Crippen LogP contribution in [0.3, 0.4) is 0 Å². The van der Waals surface area contributed by atoms with Crippen molar-refractivity contribution in [2.45, 2.75) is 37.0 Å². The molecule has 7 nitrogen and oxygen atoms in total. The van der Waals surface area contributed by atoms with Crippen LogP contribution in [0.1, 0.15) is 42.5 Å². The van der Waals surface area contributed by atoms with Crippen LogP contribution in [0, 0.1) is 0 Å². The number of hydrogen-bond donors (Lipinski definition) is 1. The Bertz CT molecular complexity index is 698. The highest BCUT2D eigenvalue weighted by Crippen LogP contribution is 2.29. The Morgan fingerprint density at radius 2 is 1.85 bits per heavy atom. The van der Waals surface area contributed by atoms with Crippen molar-refractivity contribution < 1.29 is 22.7 Å². The second kappa shape index (κ2) is 9.89. The SMILES string of the molecule is COCCCNC(=O)c1ccc(OC)c(S(=O)(=O)N2CCCCCC2)c1. The third kappa shape index (κ3) is 5.18. The first-order valence-electron chi connectivity index (χ1n) is 8.96. The average Bonchev–Trinajstić information content (AvgIpc) is 2.94. The van der Waals surface area contributed by atoms with E-state index in [1.165, 1.54) is 23.5 Å². The van der Waals surface area contributed by atoms with Crippen LogP contribution in [0.2, 0.25) is 0 Å². The van der Waals surface area contributed by atoms with E-state index < -0.39 is 10.0 Å². The quantitative estimate of drug-likeness (QED) is 0.693. The van der Waals surface area contributed by atoms with Crippen molar-refractivity contribution in [1.29, 1.82) is 0 Å². The fourth-order valence-corrected chi connectivity index (χ4v) is 4.66. The maximum atomic E-state index is 13.1. The van der Waals surface area contributed by atoms with E-state index in [1.54, 1.807) is 13.2 Å². The number of sulfonamides is 1. The minimum atomic E-state index is -3.70. The number of hydrogen-bond acceptors (Lipinski definition) is 5. The number of nitrogens with zero attached hydrogens (tertiary/aromatic N) is 1. The first-order chi connectivity index (χ1) is 12.5. The minimum Gasteiger partial charge on any atom is -0.495 e. The van der Waals surface area contributed by atoms with Crippen LogP contribution in [0.25, 0.3) is 0 Å². The molecule has 0 unspecified atom stereocenters. The first-order valence-corrected chi connectivity index (χ1v) is 10.4. The van der Waals surface area contributed by atoms with Crippen molar-refractivity contribution in [3.63, 3.8) is 0 Å². The van der Waals surface area contributed by atoms with E-state index in [0.717, 1.165) is 25.7 Å². The number of methoxy groups -OCH3 is 2. The highest BCUT2D eigenvalue weighted by molar-refractivity contribution is 7.89. The lowest BCUT2D eigenvalue weighted by Gasteiger charge is -2.21. The molecule has 1 N–H and O–H groups in total. The van der Waals surface area contributed by atoms with Gasteiger partial charge in [-0.05, 0) is 37.5 Å². The number of benzene rings is 1. The summed E-state index contributed by atoms with van der Waals surface area (Å²) >= 11 is 0. The fraction of sp³-hybridized carbons (Fsp3) is 0.611. The van der Waals surface area contributed by atoms with Crippen LogP contribution in [-0.2, 0) is 14.8 Å². The molecule has 0 bridgehead atoms. The van der Waals surface area contributed by atoms with Crippen molar-refractivity contribution in [2.75, 3.05) is 40.5 Å². The highest BCUT2D eigenvalue weighted by atomic mass is 32.2. The summed E-state index contributed by atoms with van der Waals surface area (Å²) < 4.78 is 37.9. The van der Waals surface area contributed by atoms with Crippen LogP contribution in [0.5, 0.6) is 5.75 Å². The molecule has 26 heavy (non-hydrogen) atoms. The maximum absolute atomic E-state index is 13.1. The number of carbonyl (C=O) groups excluding carboxylic acids is 1. The van der Waals surface area contributed by atoms with E-state index in [2.05, 4.69) is 5.32 Å². The molecule has 1 fully saturated rings. The monoisotopic (exact) mass is 384 g/mol. The van der Waals surface area contributed by atoms with Crippen LogP contribution < -0.4 is 10.1 Å². The van der Waals surface area contributed by atoms with E-state index in [9.17, 15) is 13.2 Å². The Morgan fingerprint density at radius 3 is 2.46 bits per heavy atom. The van der Waals surface area contributed by atoms with Gasteiger partial charge >= 0.3 is 0 Å². The minimum absolute atomic E-state index is 0.0476. The van der Waals surface area contributed by atoms with Gasteiger partial charge in [0, 0.05) is 38.9 Å². The van der Waals surface area contributed by atoms with Crippen LogP contribution in [0.4, 0.5) is 0 Å². The Morgan fingerprint density at radius 1 is 1.15 bits per heavy atom. The second-order valence-electron chi connectivity index (χ2n) is 6.29. The molecule has 8 heteroatoms. The van der Waals surface area contributed by atoms with Gasteiger partial charge in [0.15, 0.2) is 0 Å². The molecule has 0 spiro atoms. The number of carbonyl (C=O) groups is 1. The van der Waals surface area contributed by atoms with Gasteiger partial charge in [0.25, 0.3) is 5.91 Å². The van der Waals surface area contributed by atoms with E-state index in [0.29, 0.717) is 38.2 Å². The molecule has 0 radical (unpaired) electrons. The predicted molar refractivity (Wildman–Crippen MR) is 99.0 cm³/mol. The summed E-state index contributed by atoms with van der Waals surface area (Å²) in [4.78, 5) is 12.4. The first kappa shape index (κ1) is 20.7. The second-order valence-corrected chi connectivity index (χ2v) is 8.19. The zero-order valence-corrected chi connectivity index (χ0v) is 16.3. The van der Waals surface area contributed by atoms with Gasteiger partial charge in [0.05, 0.1) is 7.11 Å². The normalized spacial score (nSPS) is 16.1. The molecule has 1 aromatic rings. The molecule has 0 aliphatic carbocycles. The third-order valence-corrected chi connectivity index (χ3v) is 6.34. The average molecular weight is 384 g/mol. The van der Waals surface area contributed by atoms with Gasteiger partial charge in [-0.25, -0.2) is 8.42 Å². The topological polar surface area (TPSA) is 84.9 Å². The van der Waals surface area contributed by atoms with Crippen molar-refractivity contribution >= 4 is 15.9 Å². The number of nitrogens with one attached hydrogen (secondary N) is 1. The van der Waals surface area contributed by atoms with Crippen LogP contribution in [-0.4, -0.2) is 59.1 Å². The van der Waals surface area contributed by atoms with Gasteiger partial charge in [-0.3, -0.25) is 4.79 Å². The van der Waals surface area contributed by atoms with Crippen molar-refractivity contribution in [3.05, 3.63) is 23.8 Å². The summed E-state index contributed by atoms with van der Waals surface area (Å²) in [5.41, 5.74) is 0.302. The maximum Gasteiger partial charge on any atom is 0.251 e. The van der Waals surface area contributed by atoms with Crippen molar-refractivity contribution in [3.8, 4) is 5.75 Å². The summed E-state index contributed by atoms with van der Waals surface area (Å²) in [6, 6.07) is 4.52. The number of rotatable bonds is 8. The van der Waals surface area contributed by atoms with Gasteiger partial charge in [-0.1, -0.05) is 12.8 Å². The molecule has 2 rings (SSSR count). The van der Waals surface area contributed by atoms with Gasteiger partial charge in [-0.15, -0.1) is 0 Å². The molecule has 1 aromatic carbocycles. The zero-order chi connectivity index (χ0) is 19.0. The molecule has 1 amide bonds. The van der Waals surface area contributed by atoms with Crippen molar-refractivity contribution in [2.24, 2.45) is 0 Å². The molecule has 1 saturated heterocycles. The van der Waals surface area contributed by atoms with E-state index >= 15 is 0 Å². The van der Waals surface area contributed by atoms with Gasteiger partial charge in [0.2, 0.25) is 10.0 Å². The smallest absolute Gasteiger partial charge is 0.251 e. The molecule has 146 valence electrons. The summed E-state index contributed by atoms with van der Waals surface area (Å²) in [6.45, 7) is 2.02. The Kier molecular flexibility index (Phi) is 7.86. The highest BCUT2D eigenvalue weighted by Gasteiger charge is 2.29. The van der Waals surface area contributed by atoms with Gasteiger partial charge in [-0.2, -0.15) is 4.31 Å². The molecular weight excluding hydrogens is 356 g/mol. The zero-order valence-electron chi connectivity index (χ0n) is 15.5. The van der Waals surface area contributed by atoms with Crippen molar-refractivity contribution in [1.82, 2.24) is 9.62 Å². The summed E-state index contributed by atoms with van der Waals surface area (Å²) in [5.74, 6) is -0.0544. The largest absolute Gasteiger partial charge is 0.495 e. The van der Waals surface area contributed by atoms with Gasteiger partial charge < -0.3 is 14.8 Å². The standard InChI is InChI=1S/C18H28N2O5S/c1-24-13-7-10-19-18(21)15-8-9-16(25-2)17(14-15)26(22,23)20-11-5-3-4-6-12-20/h8-9,14H,3-7,10-13H2,1-2H3,(H,19,21). The predicted octanol–water partition coefficient (Wildman–Crippen LogP) is 2.03. The molecule has 1 aliphatic rings. The molecule has 0 aromatic heterocycles. The number of ether oxygens (including phenoxy) is 2. The summed E-state index contributed by atoms with van der Waals surface area (Å²) in [5, 5.41) is 2.77. The molecular formula is C18H28N2O5S. The van der Waals surface area contributed by atoms with Crippen LogP contribution in [0.15, 0.2) is 23.1 Å². The summed E-state index contributed by atoms with van der Waals surface area (Å²) in [7, 11) is -0.671. The molecule has 0 saturated carbocycles. The fourth-order valence-electron chi connectivity index (χ4n) is 2.96.